The molecule has 0 bridgehead atoms. The number of carbonyl (C=O) groups is 1. The zero-order valence-corrected chi connectivity index (χ0v) is 13.3. The molecule has 1 atom stereocenters. The maximum Gasteiger partial charge on any atom is 0.251 e. The van der Waals surface area contributed by atoms with Crippen molar-refractivity contribution >= 4 is 23.1 Å². The Hall–Kier alpha value is -1.95. The summed E-state index contributed by atoms with van der Waals surface area (Å²) in [6.45, 7) is 6.63. The lowest BCUT2D eigenvalue weighted by Crippen LogP contribution is -2.27. The van der Waals surface area contributed by atoms with E-state index in [2.05, 4.69) is 15.3 Å². The molecule has 0 saturated heterocycles. The highest BCUT2D eigenvalue weighted by Gasteiger charge is 2.13. The first-order valence-corrected chi connectivity index (χ1v) is 7.80. The van der Waals surface area contributed by atoms with Crippen molar-refractivity contribution < 1.29 is 4.79 Å². The van der Waals surface area contributed by atoms with E-state index in [-0.39, 0.29) is 17.7 Å². The van der Waals surface area contributed by atoms with Crippen LogP contribution in [-0.2, 0) is 0 Å². The van der Waals surface area contributed by atoms with Crippen molar-refractivity contribution in [1.82, 2.24) is 15.3 Å². The van der Waals surface area contributed by atoms with Gasteiger partial charge in [-0.2, -0.15) is 0 Å². The summed E-state index contributed by atoms with van der Waals surface area (Å²) in [5, 5.41) is 5.88. The highest BCUT2D eigenvalue weighted by atomic mass is 32.1. The SMILES string of the molecule is CC(C)c1cc(C(=O)NCC(C)c2nccs2)cc(N)n1. The van der Waals surface area contributed by atoms with Gasteiger partial charge in [0.15, 0.2) is 0 Å². The number of anilines is 1. The van der Waals surface area contributed by atoms with Crippen LogP contribution in [0.5, 0.6) is 0 Å². The minimum atomic E-state index is -0.130. The third-order valence-corrected chi connectivity index (χ3v) is 4.17. The zero-order chi connectivity index (χ0) is 15.4. The summed E-state index contributed by atoms with van der Waals surface area (Å²) in [4.78, 5) is 20.7. The first-order chi connectivity index (χ1) is 9.97. The molecule has 2 rings (SSSR count). The first kappa shape index (κ1) is 15.4. The van der Waals surface area contributed by atoms with Crippen molar-refractivity contribution in [2.75, 3.05) is 12.3 Å². The summed E-state index contributed by atoms with van der Waals surface area (Å²) in [6, 6.07) is 3.40. The van der Waals surface area contributed by atoms with E-state index in [0.717, 1.165) is 10.7 Å². The predicted molar refractivity (Wildman–Crippen MR) is 85.6 cm³/mol. The fourth-order valence-electron chi connectivity index (χ4n) is 1.91. The van der Waals surface area contributed by atoms with Crippen LogP contribution in [0, 0.1) is 0 Å². The van der Waals surface area contributed by atoms with E-state index in [9.17, 15) is 4.79 Å². The highest BCUT2D eigenvalue weighted by molar-refractivity contribution is 7.09. The Balaban J connectivity index is 2.03. The number of pyridine rings is 1. The van der Waals surface area contributed by atoms with Crippen molar-refractivity contribution in [2.24, 2.45) is 0 Å². The van der Waals surface area contributed by atoms with Crippen LogP contribution in [0.1, 0.15) is 53.7 Å². The van der Waals surface area contributed by atoms with Gasteiger partial charge >= 0.3 is 0 Å². The molecule has 112 valence electrons. The molecule has 0 radical (unpaired) electrons. The van der Waals surface area contributed by atoms with Gasteiger partial charge in [-0.3, -0.25) is 4.79 Å². The van der Waals surface area contributed by atoms with Crippen molar-refractivity contribution in [1.29, 1.82) is 0 Å². The number of aromatic nitrogens is 2. The summed E-state index contributed by atoms with van der Waals surface area (Å²) in [5.41, 5.74) is 7.15. The van der Waals surface area contributed by atoms with Gasteiger partial charge in [0.2, 0.25) is 0 Å². The van der Waals surface area contributed by atoms with Crippen LogP contribution in [0.4, 0.5) is 5.82 Å². The molecule has 2 aromatic rings. The topological polar surface area (TPSA) is 80.9 Å². The largest absolute Gasteiger partial charge is 0.384 e. The van der Waals surface area contributed by atoms with Crippen LogP contribution in [0.25, 0.3) is 0 Å². The van der Waals surface area contributed by atoms with Gasteiger partial charge < -0.3 is 11.1 Å². The molecule has 5 nitrogen and oxygen atoms in total. The quantitative estimate of drug-likeness (QED) is 0.890. The number of thiazole rings is 1. The van der Waals surface area contributed by atoms with Crippen molar-refractivity contribution in [3.05, 3.63) is 40.0 Å². The van der Waals surface area contributed by atoms with E-state index in [4.69, 9.17) is 5.73 Å². The Labute approximate surface area is 128 Å². The van der Waals surface area contributed by atoms with Gasteiger partial charge in [-0.1, -0.05) is 20.8 Å². The lowest BCUT2D eigenvalue weighted by molar-refractivity contribution is 0.0951. The number of nitrogens with zero attached hydrogens (tertiary/aromatic N) is 2. The second-order valence-corrected chi connectivity index (χ2v) is 6.27. The highest BCUT2D eigenvalue weighted by Crippen LogP contribution is 2.18. The van der Waals surface area contributed by atoms with Crippen molar-refractivity contribution in [3.8, 4) is 0 Å². The summed E-state index contributed by atoms with van der Waals surface area (Å²) in [6.07, 6.45) is 1.77. The molecular formula is C15H20N4OS. The van der Waals surface area contributed by atoms with E-state index in [1.54, 1.807) is 29.7 Å². The van der Waals surface area contributed by atoms with Crippen molar-refractivity contribution in [3.63, 3.8) is 0 Å². The van der Waals surface area contributed by atoms with E-state index in [1.807, 2.05) is 26.2 Å². The maximum atomic E-state index is 12.2. The van der Waals surface area contributed by atoms with Gasteiger partial charge in [0.05, 0.1) is 5.01 Å². The molecule has 0 saturated carbocycles. The van der Waals surface area contributed by atoms with Crippen LogP contribution in [-0.4, -0.2) is 22.4 Å². The molecule has 3 N–H and O–H groups in total. The number of nitrogens with two attached hydrogens (primary N) is 1. The fraction of sp³-hybridized carbons (Fsp3) is 0.400. The Morgan fingerprint density at radius 3 is 2.76 bits per heavy atom. The lowest BCUT2D eigenvalue weighted by Gasteiger charge is -2.12. The number of rotatable bonds is 5. The minimum absolute atomic E-state index is 0.130. The molecule has 0 aliphatic heterocycles. The molecule has 21 heavy (non-hydrogen) atoms. The molecule has 6 heteroatoms. The second-order valence-electron chi connectivity index (χ2n) is 5.34. The molecule has 0 spiro atoms. The Morgan fingerprint density at radius 1 is 1.38 bits per heavy atom. The van der Waals surface area contributed by atoms with E-state index < -0.39 is 0 Å². The third-order valence-electron chi connectivity index (χ3n) is 3.16. The summed E-state index contributed by atoms with van der Waals surface area (Å²) in [5.74, 6) is 0.667. The number of carbonyl (C=O) groups excluding carboxylic acids is 1. The van der Waals surface area contributed by atoms with Crippen LogP contribution in [0.15, 0.2) is 23.7 Å². The standard InChI is InChI=1S/C15H20N4OS/c1-9(2)12-6-11(7-13(16)19-12)14(20)18-8-10(3)15-17-4-5-21-15/h4-7,9-10H,8H2,1-3H3,(H2,16,19)(H,18,20). The molecule has 0 fully saturated rings. The smallest absolute Gasteiger partial charge is 0.251 e. The van der Waals surface area contributed by atoms with Gasteiger partial charge in [-0.25, -0.2) is 9.97 Å². The normalized spacial score (nSPS) is 12.4. The van der Waals surface area contributed by atoms with Crippen LogP contribution < -0.4 is 11.1 Å². The van der Waals surface area contributed by atoms with E-state index >= 15 is 0 Å². The number of amides is 1. The lowest BCUT2D eigenvalue weighted by atomic mass is 10.1. The van der Waals surface area contributed by atoms with E-state index in [1.165, 1.54) is 0 Å². The van der Waals surface area contributed by atoms with Crippen LogP contribution in [0.3, 0.4) is 0 Å². The predicted octanol–water partition coefficient (Wildman–Crippen LogP) is 2.78. The zero-order valence-electron chi connectivity index (χ0n) is 12.5. The summed E-state index contributed by atoms with van der Waals surface area (Å²) in [7, 11) is 0. The fourth-order valence-corrected chi connectivity index (χ4v) is 2.61. The molecule has 1 amide bonds. The number of hydrogen-bond acceptors (Lipinski definition) is 5. The number of nitrogen functional groups attached to an aromatic ring is 1. The summed E-state index contributed by atoms with van der Waals surface area (Å²) < 4.78 is 0. The van der Waals surface area contributed by atoms with Gasteiger partial charge in [0.1, 0.15) is 5.82 Å². The van der Waals surface area contributed by atoms with E-state index in [0.29, 0.717) is 17.9 Å². The van der Waals surface area contributed by atoms with Gasteiger partial charge in [-0.05, 0) is 18.1 Å². The van der Waals surface area contributed by atoms with Crippen LogP contribution in [0.2, 0.25) is 0 Å². The number of nitrogens with one attached hydrogen (secondary N) is 1. The molecule has 0 aromatic carbocycles. The molecule has 2 heterocycles. The average Bonchev–Trinajstić information content (AvgIpc) is 2.97. The Morgan fingerprint density at radius 2 is 2.14 bits per heavy atom. The Kier molecular flexibility index (Phi) is 4.90. The van der Waals surface area contributed by atoms with Gasteiger partial charge in [-0.15, -0.1) is 11.3 Å². The molecule has 0 aliphatic rings. The third kappa shape index (κ3) is 4.01. The summed E-state index contributed by atoms with van der Waals surface area (Å²) >= 11 is 1.59. The van der Waals surface area contributed by atoms with Crippen molar-refractivity contribution in [2.45, 2.75) is 32.6 Å². The molecular weight excluding hydrogens is 284 g/mol. The number of hydrogen-bond donors (Lipinski definition) is 2. The minimum Gasteiger partial charge on any atom is -0.384 e. The maximum absolute atomic E-state index is 12.2. The second kappa shape index (κ2) is 6.67. The van der Waals surface area contributed by atoms with Gasteiger partial charge in [0, 0.05) is 35.3 Å². The van der Waals surface area contributed by atoms with Crippen LogP contribution >= 0.6 is 11.3 Å². The molecule has 0 aliphatic carbocycles. The molecule has 1 unspecified atom stereocenters. The first-order valence-electron chi connectivity index (χ1n) is 6.92. The Bertz CT molecular complexity index is 610. The average molecular weight is 304 g/mol. The van der Waals surface area contributed by atoms with Gasteiger partial charge in [0.25, 0.3) is 5.91 Å². The molecule has 2 aromatic heterocycles. The monoisotopic (exact) mass is 304 g/mol.